The Labute approximate surface area is 347 Å². The number of aromatic nitrogens is 2. The normalized spacial score (nSPS) is 26.1. The van der Waals surface area contributed by atoms with Crippen LogP contribution in [0.4, 0.5) is 11.5 Å². The van der Waals surface area contributed by atoms with Crippen LogP contribution >= 0.6 is 61.5 Å². The molecular formula is C41H33BrClIN4O6S. The lowest BCUT2D eigenvalue weighted by Crippen LogP contribution is -2.49. The highest BCUT2D eigenvalue weighted by atomic mass is 127. The second kappa shape index (κ2) is 13.0. The van der Waals surface area contributed by atoms with Crippen LogP contribution in [0.3, 0.4) is 0 Å². The molecule has 3 aromatic carbocycles. The van der Waals surface area contributed by atoms with Crippen molar-refractivity contribution >= 4 is 107 Å². The number of rotatable bonds is 5. The molecule has 4 aliphatic rings. The van der Waals surface area contributed by atoms with Crippen molar-refractivity contribution in [1.29, 1.82) is 0 Å². The third-order valence-corrected chi connectivity index (χ3v) is 15.0. The molecule has 1 N–H and O–H groups in total. The number of hydrogen-bond donors (Lipinski definition) is 1. The number of ether oxygens (including phenoxy) is 1. The lowest BCUT2D eigenvalue weighted by atomic mass is 9.51. The summed E-state index contributed by atoms with van der Waals surface area (Å²) in [5.74, 6) is -4.26. The molecule has 3 fully saturated rings. The summed E-state index contributed by atoms with van der Waals surface area (Å²) < 4.78 is 9.51. The molecule has 4 heterocycles. The number of phenolic OH excluding ortho intramolecular Hbond substituents is 1. The van der Waals surface area contributed by atoms with Gasteiger partial charge in [0.2, 0.25) is 23.6 Å². The van der Waals surface area contributed by atoms with Gasteiger partial charge in [0, 0.05) is 32.3 Å². The van der Waals surface area contributed by atoms with E-state index >= 15 is 4.79 Å². The highest BCUT2D eigenvalue weighted by Crippen LogP contribution is 2.64. The van der Waals surface area contributed by atoms with Gasteiger partial charge in [0.15, 0.2) is 11.5 Å². The molecule has 1 saturated carbocycles. The molecule has 2 aromatic heterocycles. The van der Waals surface area contributed by atoms with E-state index in [-0.39, 0.29) is 41.5 Å². The summed E-state index contributed by atoms with van der Waals surface area (Å²) in [7, 11) is 3.17. The number of imide groups is 2. The van der Waals surface area contributed by atoms with Gasteiger partial charge in [0.05, 0.1) is 45.3 Å². The van der Waals surface area contributed by atoms with E-state index in [1.165, 1.54) is 16.9 Å². The Morgan fingerprint density at radius 2 is 1.75 bits per heavy atom. The van der Waals surface area contributed by atoms with Crippen molar-refractivity contribution in [2.75, 3.05) is 16.9 Å². The molecule has 5 aromatic rings. The van der Waals surface area contributed by atoms with Crippen molar-refractivity contribution in [3.8, 4) is 22.1 Å². The number of hydrogen-bond acceptors (Lipinski definition) is 8. The number of thiophene rings is 1. The first-order valence-electron chi connectivity index (χ1n) is 17.8. The van der Waals surface area contributed by atoms with E-state index in [0.717, 1.165) is 29.7 Å². The Balaban J connectivity index is 1.17. The van der Waals surface area contributed by atoms with Crippen LogP contribution in [0.25, 0.3) is 20.7 Å². The number of nitrogens with zero attached hydrogens (tertiary/aromatic N) is 4. The molecule has 9 rings (SSSR count). The smallest absolute Gasteiger partial charge is 0.242 e. The first-order chi connectivity index (χ1) is 26.2. The van der Waals surface area contributed by atoms with Crippen LogP contribution in [-0.4, -0.2) is 45.6 Å². The number of carbonyl (C=O) groups excluding carboxylic acids is 4. The summed E-state index contributed by atoms with van der Waals surface area (Å²) in [5.41, 5.74) is 2.31. The summed E-state index contributed by atoms with van der Waals surface area (Å²) in [6.45, 7) is 3.84. The van der Waals surface area contributed by atoms with Gasteiger partial charge < -0.3 is 9.84 Å². The van der Waals surface area contributed by atoms with Crippen LogP contribution in [0.15, 0.2) is 76.8 Å². The summed E-state index contributed by atoms with van der Waals surface area (Å²) in [6.07, 6.45) is 2.52. The third-order valence-electron chi connectivity index (χ3n) is 12.2. The number of phenols is 1. The molecule has 0 bridgehead atoms. The Morgan fingerprint density at radius 1 is 1.00 bits per heavy atom. The summed E-state index contributed by atoms with van der Waals surface area (Å²) in [4.78, 5) is 62.1. The van der Waals surface area contributed by atoms with E-state index < -0.39 is 35.0 Å². The first kappa shape index (κ1) is 36.6. The molecular weight excluding hydrogens is 919 g/mol. The van der Waals surface area contributed by atoms with Crippen LogP contribution in [0.5, 0.6) is 11.5 Å². The minimum absolute atomic E-state index is 0.0978. The Kier molecular flexibility index (Phi) is 8.65. The average Bonchev–Trinajstić information content (AvgIpc) is 3.83. The monoisotopic (exact) mass is 950 g/mol. The molecule has 6 atom stereocenters. The van der Waals surface area contributed by atoms with Gasteiger partial charge in [-0.25, -0.2) is 4.90 Å². The Bertz CT molecular complexity index is 2570. The number of methoxy groups -OCH3 is 1. The maximum Gasteiger partial charge on any atom is 0.242 e. The highest BCUT2D eigenvalue weighted by Gasteiger charge is 2.68. The van der Waals surface area contributed by atoms with Crippen molar-refractivity contribution in [2.24, 2.45) is 36.1 Å². The van der Waals surface area contributed by atoms with Gasteiger partial charge in [-0.3, -0.25) is 28.8 Å². The molecule has 0 spiro atoms. The van der Waals surface area contributed by atoms with Gasteiger partial charge in [-0.05, 0) is 142 Å². The van der Waals surface area contributed by atoms with Crippen molar-refractivity contribution < 1.29 is 29.0 Å². The molecule has 0 unspecified atom stereocenters. The molecule has 14 heteroatoms. The summed E-state index contributed by atoms with van der Waals surface area (Å²) >= 11 is 13.6. The lowest BCUT2D eigenvalue weighted by Gasteiger charge is -2.49. The van der Waals surface area contributed by atoms with Gasteiger partial charge in [0.1, 0.15) is 11.5 Å². The van der Waals surface area contributed by atoms with E-state index in [9.17, 15) is 19.5 Å². The average molecular weight is 952 g/mol. The molecule has 0 radical (unpaired) electrons. The number of fused-ring (bicyclic) bond motifs is 5. The molecule has 10 nitrogen and oxygen atoms in total. The van der Waals surface area contributed by atoms with Crippen molar-refractivity contribution in [3.05, 3.63) is 96.5 Å². The van der Waals surface area contributed by atoms with Crippen LogP contribution < -0.4 is 14.5 Å². The largest absolute Gasteiger partial charge is 0.503 e. The van der Waals surface area contributed by atoms with Crippen molar-refractivity contribution in [3.63, 3.8) is 0 Å². The number of carbonyl (C=O) groups is 4. The molecule has 2 aliphatic carbocycles. The second-order valence-electron chi connectivity index (χ2n) is 14.9. The van der Waals surface area contributed by atoms with Gasteiger partial charge in [-0.1, -0.05) is 23.3 Å². The third kappa shape index (κ3) is 5.25. The standard InChI is InChI=1S/C41H33BrClIN4O6S/c1-18-25-15-20(43)5-12-31(25)55-36(18)29-17-32(46(3)45-29)48-38(51)27-16-26-23(34(41(27,2)40(48)53)19-13-28(42)35(49)30(14-19)54-4)10-11-24-33(26)39(52)47(37(24)50)22-8-6-21(44)7-9-22/h5-10,12-15,17,24,26-27,33-34,49H,11,16H2,1-4H3/t24-,26+,27-,33-,34-,41+/m0/s1. The van der Waals surface area contributed by atoms with Gasteiger partial charge >= 0.3 is 0 Å². The zero-order valence-electron chi connectivity index (χ0n) is 30.0. The predicted octanol–water partition coefficient (Wildman–Crippen LogP) is 8.78. The van der Waals surface area contributed by atoms with Crippen molar-refractivity contribution in [2.45, 2.75) is 32.6 Å². The zero-order valence-corrected chi connectivity index (χ0v) is 35.3. The van der Waals surface area contributed by atoms with E-state index in [0.29, 0.717) is 38.7 Å². The van der Waals surface area contributed by atoms with Crippen LogP contribution in [0.2, 0.25) is 5.02 Å². The van der Waals surface area contributed by atoms with Gasteiger partial charge in [0.25, 0.3) is 0 Å². The van der Waals surface area contributed by atoms with E-state index in [1.807, 2.05) is 50.3 Å². The maximum atomic E-state index is 15.2. The topological polar surface area (TPSA) is 122 Å². The Morgan fingerprint density at radius 3 is 2.47 bits per heavy atom. The fourth-order valence-electron chi connectivity index (χ4n) is 9.59. The molecule has 4 amide bonds. The second-order valence-corrected chi connectivity index (χ2v) is 18.5. The van der Waals surface area contributed by atoms with E-state index in [2.05, 4.69) is 38.5 Å². The number of aromatic hydroxyl groups is 1. The number of amides is 4. The van der Waals surface area contributed by atoms with E-state index in [1.54, 1.807) is 53.4 Å². The molecule has 280 valence electrons. The van der Waals surface area contributed by atoms with Gasteiger partial charge in [-0.2, -0.15) is 5.10 Å². The molecule has 55 heavy (non-hydrogen) atoms. The van der Waals surface area contributed by atoms with Crippen LogP contribution in [0, 0.1) is 39.6 Å². The summed E-state index contributed by atoms with van der Waals surface area (Å²) in [5, 5.41) is 17.3. The Hall–Kier alpha value is -4.05. The SMILES string of the molecule is COc1cc([C@H]2C3=CC[C@@H]4C(=O)N(c5ccc(I)cc5)C(=O)[C@@H]4[C@@H]3C[C@H]3C(=O)N(c4cc(-c5sc6ccc(Cl)cc6c5C)nn4C)C(=O)[C@@]23C)cc(Br)c1O. The highest BCUT2D eigenvalue weighted by molar-refractivity contribution is 14.1. The van der Waals surface area contributed by atoms with Crippen LogP contribution in [-0.2, 0) is 26.2 Å². The minimum Gasteiger partial charge on any atom is -0.503 e. The fourth-order valence-corrected chi connectivity index (χ4v) is 11.7. The fraction of sp³-hybridized carbons (Fsp3) is 0.293. The number of anilines is 2. The molecule has 2 saturated heterocycles. The summed E-state index contributed by atoms with van der Waals surface area (Å²) in [6, 6.07) is 18.2. The van der Waals surface area contributed by atoms with Crippen LogP contribution in [0.1, 0.15) is 36.8 Å². The minimum atomic E-state index is -1.30. The quantitative estimate of drug-likeness (QED) is 0.106. The number of allylic oxidation sites excluding steroid dienone is 2. The number of benzene rings is 3. The predicted molar refractivity (Wildman–Crippen MR) is 222 cm³/mol. The van der Waals surface area contributed by atoms with E-state index in [4.69, 9.17) is 21.4 Å². The van der Waals surface area contributed by atoms with Gasteiger partial charge in [-0.15, -0.1) is 11.3 Å². The van der Waals surface area contributed by atoms with Crippen molar-refractivity contribution in [1.82, 2.24) is 9.78 Å². The first-order valence-corrected chi connectivity index (χ1v) is 20.8. The maximum absolute atomic E-state index is 15.2. The molecule has 2 aliphatic heterocycles. The lowest BCUT2D eigenvalue weighted by molar-refractivity contribution is -0.131. The zero-order chi connectivity index (χ0) is 38.8. The number of halogens is 3. The number of aryl methyl sites for hydroxylation is 2.